The Bertz CT molecular complexity index is 1190. The minimum Gasteiger partial charge on any atom is -0.200 e. The van der Waals surface area contributed by atoms with Gasteiger partial charge in [-0.2, -0.15) is 0 Å². The fourth-order valence-corrected chi connectivity index (χ4v) is 5.16. The van der Waals surface area contributed by atoms with Gasteiger partial charge in [-0.05, 0) is 64.5 Å². The summed E-state index contributed by atoms with van der Waals surface area (Å²) in [6.07, 6.45) is 2.20. The lowest BCUT2D eigenvalue weighted by molar-refractivity contribution is -0.659. The molecule has 1 heterocycles. The molecular weight excluding hydrogens is 374 g/mol. The molecule has 4 aromatic rings. The lowest BCUT2D eigenvalue weighted by atomic mass is 9.79. The average Bonchev–Trinajstić information content (AvgIpc) is 2.75. The predicted octanol–water partition coefficient (Wildman–Crippen LogP) is 7.70. The number of nitrogens with zero attached hydrogens (tertiary/aromatic N) is 1. The monoisotopic (exact) mass is 408 g/mol. The Morgan fingerprint density at radius 1 is 0.710 bits per heavy atom. The number of benzene rings is 3. The van der Waals surface area contributed by atoms with Gasteiger partial charge in [0.1, 0.15) is 7.05 Å². The summed E-state index contributed by atoms with van der Waals surface area (Å²) in [5.74, 6) is 1.83. The highest BCUT2D eigenvalue weighted by atomic mass is 14.9. The van der Waals surface area contributed by atoms with Crippen LogP contribution in [-0.2, 0) is 7.05 Å². The van der Waals surface area contributed by atoms with Crippen molar-refractivity contribution in [3.8, 4) is 22.4 Å². The Morgan fingerprint density at radius 2 is 1.42 bits per heavy atom. The van der Waals surface area contributed by atoms with E-state index in [-0.39, 0.29) is 0 Å². The van der Waals surface area contributed by atoms with Crippen molar-refractivity contribution in [2.24, 2.45) is 18.9 Å². The van der Waals surface area contributed by atoms with Crippen LogP contribution in [0.1, 0.15) is 44.7 Å². The van der Waals surface area contributed by atoms with Gasteiger partial charge in [-0.1, -0.05) is 82.3 Å². The maximum Gasteiger partial charge on any atom is 0.220 e. The number of hydrogen-bond donors (Lipinski definition) is 0. The Hall–Kier alpha value is -2.93. The van der Waals surface area contributed by atoms with Gasteiger partial charge < -0.3 is 0 Å². The number of hydrogen-bond acceptors (Lipinski definition) is 0. The average molecular weight is 409 g/mol. The lowest BCUT2D eigenvalue weighted by Crippen LogP contribution is -2.30. The molecule has 0 radical (unpaired) electrons. The van der Waals surface area contributed by atoms with Crippen molar-refractivity contribution in [3.05, 3.63) is 90.1 Å². The molecule has 0 saturated heterocycles. The van der Waals surface area contributed by atoms with Crippen LogP contribution in [0.5, 0.6) is 0 Å². The van der Waals surface area contributed by atoms with E-state index in [2.05, 4.69) is 125 Å². The van der Waals surface area contributed by atoms with Crippen molar-refractivity contribution in [1.82, 2.24) is 0 Å². The summed E-state index contributed by atoms with van der Waals surface area (Å²) >= 11 is 0. The molecule has 0 unspecified atom stereocenters. The highest BCUT2D eigenvalue weighted by Crippen LogP contribution is 2.36. The standard InChI is InChI=1S/C30H34N/c1-20(2)29(21(3)4)26-14-15-27-25(18-26)16-17-31(6)30(27)28-19-24(13-12-22(28)5)23-10-8-7-9-11-23/h7-21,29H,1-6H3/q+1. The molecule has 3 aromatic carbocycles. The Balaban J connectivity index is 1.89. The molecule has 0 aliphatic heterocycles. The summed E-state index contributed by atoms with van der Waals surface area (Å²) in [5.41, 5.74) is 7.85. The van der Waals surface area contributed by atoms with Crippen molar-refractivity contribution >= 4 is 10.8 Å². The second kappa shape index (κ2) is 8.67. The molecule has 0 amide bonds. The van der Waals surface area contributed by atoms with Crippen LogP contribution in [0.2, 0.25) is 0 Å². The molecule has 1 nitrogen and oxygen atoms in total. The first-order valence-electron chi connectivity index (χ1n) is 11.5. The maximum absolute atomic E-state index is 2.42. The summed E-state index contributed by atoms with van der Waals surface area (Å²) in [4.78, 5) is 0. The molecule has 0 aliphatic carbocycles. The molecule has 0 aliphatic rings. The summed E-state index contributed by atoms with van der Waals surface area (Å²) in [6.45, 7) is 11.6. The summed E-state index contributed by atoms with van der Waals surface area (Å²) in [5, 5.41) is 2.63. The summed E-state index contributed by atoms with van der Waals surface area (Å²) in [7, 11) is 2.16. The van der Waals surface area contributed by atoms with Crippen LogP contribution in [0.15, 0.2) is 79.0 Å². The largest absolute Gasteiger partial charge is 0.220 e. The minimum atomic E-state index is 0.574. The van der Waals surface area contributed by atoms with Gasteiger partial charge in [-0.3, -0.25) is 0 Å². The van der Waals surface area contributed by atoms with E-state index < -0.39 is 0 Å². The molecule has 0 N–H and O–H groups in total. The highest BCUT2D eigenvalue weighted by molar-refractivity contribution is 5.94. The number of aromatic nitrogens is 1. The van der Waals surface area contributed by atoms with E-state index in [1.165, 1.54) is 44.3 Å². The second-order valence-electron chi connectivity index (χ2n) is 9.53. The van der Waals surface area contributed by atoms with E-state index in [0.29, 0.717) is 17.8 Å². The van der Waals surface area contributed by atoms with Crippen LogP contribution < -0.4 is 4.57 Å². The van der Waals surface area contributed by atoms with Gasteiger partial charge in [0.15, 0.2) is 6.20 Å². The molecule has 1 aromatic heterocycles. The third-order valence-corrected chi connectivity index (χ3v) is 6.58. The van der Waals surface area contributed by atoms with Crippen molar-refractivity contribution in [2.75, 3.05) is 0 Å². The zero-order chi connectivity index (χ0) is 22.1. The quantitative estimate of drug-likeness (QED) is 0.298. The Labute approximate surface area is 187 Å². The molecule has 4 rings (SSSR count). The van der Waals surface area contributed by atoms with Crippen molar-refractivity contribution in [1.29, 1.82) is 0 Å². The van der Waals surface area contributed by atoms with E-state index in [9.17, 15) is 0 Å². The van der Waals surface area contributed by atoms with E-state index in [0.717, 1.165) is 0 Å². The SMILES string of the molecule is Cc1ccc(-c2ccccc2)cc1-c1c2ccc(C(C(C)C)C(C)C)cc2cc[n+]1C. The van der Waals surface area contributed by atoms with Crippen LogP contribution in [0, 0.1) is 18.8 Å². The molecular formula is C30H34N+. The van der Waals surface area contributed by atoms with E-state index in [1.807, 2.05) is 0 Å². The Morgan fingerprint density at radius 3 is 2.10 bits per heavy atom. The Kier molecular flexibility index (Phi) is 5.96. The molecule has 0 atom stereocenters. The first-order chi connectivity index (χ1) is 14.9. The molecule has 0 spiro atoms. The third-order valence-electron chi connectivity index (χ3n) is 6.58. The van der Waals surface area contributed by atoms with Gasteiger partial charge in [0.2, 0.25) is 5.69 Å². The molecule has 0 bridgehead atoms. The summed E-state index contributed by atoms with van der Waals surface area (Å²) < 4.78 is 2.27. The second-order valence-corrected chi connectivity index (χ2v) is 9.53. The lowest BCUT2D eigenvalue weighted by Gasteiger charge is -2.25. The van der Waals surface area contributed by atoms with Crippen LogP contribution in [0.3, 0.4) is 0 Å². The number of fused-ring (bicyclic) bond motifs is 1. The van der Waals surface area contributed by atoms with Crippen molar-refractivity contribution in [3.63, 3.8) is 0 Å². The van der Waals surface area contributed by atoms with E-state index in [4.69, 9.17) is 0 Å². The minimum absolute atomic E-state index is 0.574. The maximum atomic E-state index is 2.42. The van der Waals surface area contributed by atoms with Crippen LogP contribution in [0.25, 0.3) is 33.2 Å². The van der Waals surface area contributed by atoms with Crippen LogP contribution in [0.4, 0.5) is 0 Å². The van der Waals surface area contributed by atoms with E-state index in [1.54, 1.807) is 0 Å². The van der Waals surface area contributed by atoms with Crippen molar-refractivity contribution < 1.29 is 4.57 Å². The van der Waals surface area contributed by atoms with Gasteiger partial charge in [-0.25, -0.2) is 4.57 Å². The topological polar surface area (TPSA) is 3.88 Å². The van der Waals surface area contributed by atoms with Crippen LogP contribution >= 0.6 is 0 Å². The first-order valence-corrected chi connectivity index (χ1v) is 11.5. The molecule has 0 fully saturated rings. The predicted molar refractivity (Wildman–Crippen MR) is 133 cm³/mol. The molecule has 1 heteroatoms. The van der Waals surface area contributed by atoms with E-state index >= 15 is 0 Å². The normalized spacial score (nSPS) is 11.8. The number of rotatable bonds is 5. The molecule has 158 valence electrons. The van der Waals surface area contributed by atoms with Gasteiger partial charge in [0.25, 0.3) is 0 Å². The summed E-state index contributed by atoms with van der Waals surface area (Å²) in [6, 6.07) is 26.8. The smallest absolute Gasteiger partial charge is 0.200 e. The highest BCUT2D eigenvalue weighted by Gasteiger charge is 2.22. The third kappa shape index (κ3) is 4.14. The zero-order valence-electron chi connectivity index (χ0n) is 19.7. The number of pyridine rings is 1. The first kappa shape index (κ1) is 21.3. The number of aryl methyl sites for hydroxylation is 2. The fourth-order valence-electron chi connectivity index (χ4n) is 5.16. The zero-order valence-corrected chi connectivity index (χ0v) is 19.7. The van der Waals surface area contributed by atoms with Crippen molar-refractivity contribution in [2.45, 2.75) is 40.5 Å². The molecule has 0 saturated carbocycles. The fraction of sp³-hybridized carbons (Fsp3) is 0.300. The van der Waals surface area contributed by atoms with Gasteiger partial charge in [0.05, 0.1) is 10.9 Å². The van der Waals surface area contributed by atoms with Gasteiger partial charge >= 0.3 is 0 Å². The molecule has 31 heavy (non-hydrogen) atoms. The van der Waals surface area contributed by atoms with Gasteiger partial charge in [-0.15, -0.1) is 0 Å². The van der Waals surface area contributed by atoms with Gasteiger partial charge in [0, 0.05) is 6.07 Å². The van der Waals surface area contributed by atoms with Crippen LogP contribution in [-0.4, -0.2) is 0 Å².